The standard InChI is InChI=1S/C12H28O6P2S4/c1-7-15-19(13,16-8-2)11(21-5)23-24-12(22-6)20(14,17-9-3)18-10-4/h11-12H,7-10H2,1-6H3. The van der Waals surface area contributed by atoms with Crippen LogP contribution in [0.15, 0.2) is 0 Å². The Balaban J connectivity index is 5.11. The fraction of sp³-hybridized carbons (Fsp3) is 1.00. The lowest BCUT2D eigenvalue weighted by molar-refractivity contribution is 0.221. The molecule has 0 bridgehead atoms. The van der Waals surface area contributed by atoms with Gasteiger partial charge in [0.25, 0.3) is 0 Å². The lowest BCUT2D eigenvalue weighted by atomic mass is 10.9. The van der Waals surface area contributed by atoms with Crippen LogP contribution in [0.25, 0.3) is 0 Å². The first-order valence-electron chi connectivity index (χ1n) is 7.52. The normalized spacial score (nSPS) is 15.4. The third-order valence-corrected chi connectivity index (χ3v) is 16.9. The molecule has 2 unspecified atom stereocenters. The van der Waals surface area contributed by atoms with E-state index < -0.39 is 23.8 Å². The number of thioether (sulfide) groups is 2. The highest BCUT2D eigenvalue weighted by molar-refractivity contribution is 8.82. The van der Waals surface area contributed by atoms with Crippen LogP contribution < -0.4 is 0 Å². The van der Waals surface area contributed by atoms with Gasteiger partial charge in [-0.05, 0) is 40.2 Å². The van der Waals surface area contributed by atoms with E-state index >= 15 is 0 Å². The van der Waals surface area contributed by atoms with E-state index in [9.17, 15) is 9.13 Å². The van der Waals surface area contributed by atoms with Gasteiger partial charge in [0.05, 0.1) is 26.4 Å². The Morgan fingerprint density at radius 2 is 0.917 bits per heavy atom. The molecule has 0 aliphatic rings. The van der Waals surface area contributed by atoms with Crippen molar-refractivity contribution in [2.75, 3.05) is 38.9 Å². The van der Waals surface area contributed by atoms with Crippen LogP contribution in [0.4, 0.5) is 0 Å². The van der Waals surface area contributed by atoms with Crippen LogP contribution in [-0.2, 0) is 27.2 Å². The molecular formula is C12H28O6P2S4. The molecule has 0 aliphatic heterocycles. The monoisotopic (exact) mass is 458 g/mol. The van der Waals surface area contributed by atoms with Gasteiger partial charge in [0.2, 0.25) is 0 Å². The summed E-state index contributed by atoms with van der Waals surface area (Å²) in [4.78, 5) is 0. The van der Waals surface area contributed by atoms with Crippen LogP contribution in [-0.4, -0.2) is 47.6 Å². The molecule has 6 nitrogen and oxygen atoms in total. The van der Waals surface area contributed by atoms with Crippen LogP contribution in [0, 0.1) is 0 Å². The number of rotatable bonds is 15. The maximum absolute atomic E-state index is 12.9. The van der Waals surface area contributed by atoms with E-state index in [0.29, 0.717) is 26.4 Å². The van der Waals surface area contributed by atoms with Crippen molar-refractivity contribution in [3.8, 4) is 0 Å². The first-order chi connectivity index (χ1) is 11.4. The van der Waals surface area contributed by atoms with Gasteiger partial charge in [-0.15, -0.1) is 23.5 Å². The molecule has 0 aliphatic carbocycles. The summed E-state index contributed by atoms with van der Waals surface area (Å²) < 4.78 is 46.6. The zero-order valence-electron chi connectivity index (χ0n) is 15.0. The van der Waals surface area contributed by atoms with Crippen molar-refractivity contribution in [3.05, 3.63) is 0 Å². The van der Waals surface area contributed by atoms with Crippen LogP contribution in [0.1, 0.15) is 27.7 Å². The predicted octanol–water partition coefficient (Wildman–Crippen LogP) is 6.19. The average molecular weight is 459 g/mol. The smallest absolute Gasteiger partial charge is 0.307 e. The van der Waals surface area contributed by atoms with Crippen LogP contribution in [0.5, 0.6) is 0 Å². The third kappa shape index (κ3) is 8.15. The molecule has 0 aromatic carbocycles. The summed E-state index contributed by atoms with van der Waals surface area (Å²) in [5.41, 5.74) is 0. The van der Waals surface area contributed by atoms with E-state index in [1.165, 1.54) is 45.1 Å². The molecule has 0 aromatic heterocycles. The largest absolute Gasteiger partial charge is 0.354 e. The Hall–Kier alpha value is 1.70. The van der Waals surface area contributed by atoms with Gasteiger partial charge in [0.1, 0.15) is 0 Å². The van der Waals surface area contributed by atoms with Gasteiger partial charge in [-0.1, -0.05) is 21.6 Å². The van der Waals surface area contributed by atoms with E-state index in [4.69, 9.17) is 18.1 Å². The zero-order valence-corrected chi connectivity index (χ0v) is 20.0. The second-order valence-electron chi connectivity index (χ2n) is 4.03. The Kier molecular flexibility index (Phi) is 14.8. The maximum Gasteiger partial charge on any atom is 0.354 e. The molecule has 0 amide bonds. The lowest BCUT2D eigenvalue weighted by Crippen LogP contribution is -2.08. The average Bonchev–Trinajstić information content (AvgIpc) is 2.52. The molecule has 0 saturated carbocycles. The minimum Gasteiger partial charge on any atom is -0.307 e. The topological polar surface area (TPSA) is 71.1 Å². The van der Waals surface area contributed by atoms with Crippen LogP contribution in [0.2, 0.25) is 0 Å². The van der Waals surface area contributed by atoms with Crippen LogP contribution in [0.3, 0.4) is 0 Å². The third-order valence-electron chi connectivity index (χ3n) is 2.38. The Bertz CT molecular complexity index is 370. The van der Waals surface area contributed by atoms with Crippen molar-refractivity contribution in [2.45, 2.75) is 36.3 Å². The summed E-state index contributed by atoms with van der Waals surface area (Å²) in [7, 11) is -3.84. The zero-order chi connectivity index (χ0) is 18.6. The van der Waals surface area contributed by atoms with Gasteiger partial charge in [0, 0.05) is 0 Å². The maximum atomic E-state index is 12.9. The molecule has 0 heterocycles. The van der Waals surface area contributed by atoms with E-state index in [1.807, 2.05) is 12.5 Å². The van der Waals surface area contributed by atoms with Crippen molar-refractivity contribution in [1.29, 1.82) is 0 Å². The van der Waals surface area contributed by atoms with Gasteiger partial charge in [0.15, 0.2) is 8.65 Å². The molecule has 12 heteroatoms. The molecular weight excluding hydrogens is 430 g/mol. The summed E-state index contributed by atoms with van der Waals surface area (Å²) in [5, 5.41) is 0. The predicted molar refractivity (Wildman–Crippen MR) is 112 cm³/mol. The first-order valence-corrected chi connectivity index (χ1v) is 15.6. The van der Waals surface area contributed by atoms with Crippen molar-refractivity contribution in [2.24, 2.45) is 0 Å². The fourth-order valence-corrected chi connectivity index (χ4v) is 14.4. The number of hydrogen-bond donors (Lipinski definition) is 0. The Morgan fingerprint density at radius 1 is 0.667 bits per heavy atom. The highest BCUT2D eigenvalue weighted by Crippen LogP contribution is 2.68. The molecule has 146 valence electrons. The summed E-state index contributed by atoms with van der Waals surface area (Å²) in [6, 6.07) is 0. The molecule has 0 spiro atoms. The Labute approximate surface area is 162 Å². The fourth-order valence-electron chi connectivity index (χ4n) is 1.57. The van der Waals surface area contributed by atoms with Gasteiger partial charge < -0.3 is 18.1 Å². The van der Waals surface area contributed by atoms with Crippen molar-refractivity contribution < 1.29 is 27.2 Å². The summed E-state index contributed by atoms with van der Waals surface area (Å²) in [6.07, 6.45) is 3.70. The molecule has 0 rings (SSSR count). The van der Waals surface area contributed by atoms with E-state index in [-0.39, 0.29) is 0 Å². The van der Waals surface area contributed by atoms with Gasteiger partial charge in [-0.2, -0.15) is 0 Å². The summed E-state index contributed by atoms with van der Waals surface area (Å²) >= 11 is 2.79. The van der Waals surface area contributed by atoms with Gasteiger partial charge in [-0.3, -0.25) is 9.13 Å². The highest BCUT2D eigenvalue weighted by atomic mass is 33.1. The quantitative estimate of drug-likeness (QED) is 0.161. The first kappa shape index (κ1) is 25.7. The molecule has 24 heavy (non-hydrogen) atoms. The molecule has 0 fully saturated rings. The SMILES string of the molecule is CCOP(=O)(OCC)C(SC)SSC(SC)P(=O)(OCC)OCC. The summed E-state index contributed by atoms with van der Waals surface area (Å²) in [5.74, 6) is 0. The molecule has 2 atom stereocenters. The van der Waals surface area contributed by atoms with E-state index in [0.717, 1.165) is 0 Å². The van der Waals surface area contributed by atoms with Crippen molar-refractivity contribution in [1.82, 2.24) is 0 Å². The van der Waals surface area contributed by atoms with Crippen LogP contribution >= 0.6 is 60.3 Å². The summed E-state index contributed by atoms with van der Waals surface area (Å²) in [6.45, 7) is 8.36. The molecule has 0 N–H and O–H groups in total. The molecule has 0 aromatic rings. The van der Waals surface area contributed by atoms with Crippen molar-refractivity contribution in [3.63, 3.8) is 0 Å². The number of hydrogen-bond acceptors (Lipinski definition) is 10. The lowest BCUT2D eigenvalue weighted by Gasteiger charge is -2.27. The highest BCUT2D eigenvalue weighted by Gasteiger charge is 2.41. The van der Waals surface area contributed by atoms with Crippen molar-refractivity contribution >= 4 is 60.3 Å². The van der Waals surface area contributed by atoms with E-state index in [2.05, 4.69) is 0 Å². The molecule has 0 radical (unpaired) electrons. The van der Waals surface area contributed by atoms with Gasteiger partial charge >= 0.3 is 15.2 Å². The minimum atomic E-state index is -3.25. The second kappa shape index (κ2) is 13.8. The Morgan fingerprint density at radius 3 is 1.08 bits per heavy atom. The van der Waals surface area contributed by atoms with E-state index in [1.54, 1.807) is 27.7 Å². The second-order valence-corrected chi connectivity index (χ2v) is 14.6. The molecule has 0 saturated heterocycles. The minimum absolute atomic E-state index is 0.307. The van der Waals surface area contributed by atoms with Gasteiger partial charge in [-0.25, -0.2) is 0 Å².